The molecule has 0 aliphatic carbocycles. The minimum atomic E-state index is -0.549. The van der Waals surface area contributed by atoms with Crippen LogP contribution in [0.15, 0.2) is 41.0 Å². The number of nitrogen functional groups attached to an aromatic ring is 1. The molecule has 1 heterocycles. The van der Waals surface area contributed by atoms with E-state index in [0.717, 1.165) is 0 Å². The molecule has 94 valence electrons. The normalized spacial score (nSPS) is 10.1. The van der Waals surface area contributed by atoms with Crippen molar-refractivity contribution in [2.24, 2.45) is 5.84 Å². The maximum Gasteiger partial charge on any atom is 0.335 e. The maximum absolute atomic E-state index is 11.0. The number of rotatable bonds is 5. The van der Waals surface area contributed by atoms with Crippen LogP contribution in [0.2, 0.25) is 0 Å². The van der Waals surface area contributed by atoms with Gasteiger partial charge in [-0.2, -0.15) is 0 Å². The van der Waals surface area contributed by atoms with E-state index in [2.05, 4.69) is 5.43 Å². The Morgan fingerprint density at radius 3 is 2.83 bits per heavy atom. The summed E-state index contributed by atoms with van der Waals surface area (Å²) in [6.45, 7) is 0.113. The number of para-hydroxylation sites is 1. The van der Waals surface area contributed by atoms with E-state index >= 15 is 0 Å². The van der Waals surface area contributed by atoms with Gasteiger partial charge in [0.25, 0.3) is 0 Å². The third kappa shape index (κ3) is 2.41. The Balaban J connectivity index is 2.24. The number of nitro groups is 1. The van der Waals surface area contributed by atoms with Gasteiger partial charge < -0.3 is 14.6 Å². The molecule has 7 heteroatoms. The minimum absolute atomic E-state index is 0.113. The average Bonchev–Trinajstić information content (AvgIpc) is 2.88. The predicted octanol–water partition coefficient (Wildman–Crippen LogP) is 2.05. The average molecular weight is 249 g/mol. The van der Waals surface area contributed by atoms with Crippen molar-refractivity contribution in [3.8, 4) is 5.75 Å². The lowest BCUT2D eigenvalue weighted by Gasteiger charge is -2.08. The van der Waals surface area contributed by atoms with Crippen molar-refractivity contribution < 1.29 is 14.1 Å². The van der Waals surface area contributed by atoms with Crippen LogP contribution in [-0.4, -0.2) is 4.92 Å². The van der Waals surface area contributed by atoms with Crippen molar-refractivity contribution in [2.75, 3.05) is 5.43 Å². The number of hydrazine groups is 1. The molecular weight excluding hydrogens is 238 g/mol. The molecule has 1 aromatic heterocycles. The first-order valence-corrected chi connectivity index (χ1v) is 5.11. The van der Waals surface area contributed by atoms with E-state index in [9.17, 15) is 10.1 Å². The number of anilines is 1. The van der Waals surface area contributed by atoms with Crippen LogP contribution in [-0.2, 0) is 6.61 Å². The Kier molecular flexibility index (Phi) is 3.44. The molecule has 0 aliphatic heterocycles. The summed E-state index contributed by atoms with van der Waals surface area (Å²) in [5, 5.41) is 11.0. The summed E-state index contributed by atoms with van der Waals surface area (Å²) in [4.78, 5) is 10.4. The number of nitrogens with zero attached hydrogens (tertiary/aromatic N) is 1. The molecule has 2 aromatic rings. The molecule has 3 N–H and O–H groups in total. The first-order valence-electron chi connectivity index (χ1n) is 5.11. The van der Waals surface area contributed by atoms with Crippen molar-refractivity contribution in [1.82, 2.24) is 0 Å². The van der Waals surface area contributed by atoms with Crippen molar-refractivity contribution in [2.45, 2.75) is 6.61 Å². The van der Waals surface area contributed by atoms with Crippen LogP contribution < -0.4 is 16.0 Å². The molecular formula is C11H11N3O4. The van der Waals surface area contributed by atoms with Gasteiger partial charge in [-0.1, -0.05) is 6.07 Å². The smallest absolute Gasteiger partial charge is 0.335 e. The van der Waals surface area contributed by atoms with E-state index in [-0.39, 0.29) is 23.7 Å². The van der Waals surface area contributed by atoms with E-state index in [4.69, 9.17) is 15.0 Å². The lowest BCUT2D eigenvalue weighted by Crippen LogP contribution is -2.10. The molecule has 0 bridgehead atoms. The van der Waals surface area contributed by atoms with Gasteiger partial charge in [0.2, 0.25) is 0 Å². The van der Waals surface area contributed by atoms with Gasteiger partial charge in [-0.3, -0.25) is 16.0 Å². The highest BCUT2D eigenvalue weighted by Gasteiger charge is 2.20. The molecule has 18 heavy (non-hydrogen) atoms. The van der Waals surface area contributed by atoms with Crippen LogP contribution in [0.25, 0.3) is 0 Å². The number of ether oxygens (including phenoxy) is 1. The largest absolute Gasteiger partial charge is 0.479 e. The Bertz CT molecular complexity index is 539. The number of hydrogen-bond donors (Lipinski definition) is 2. The van der Waals surface area contributed by atoms with Gasteiger partial charge in [-0.25, -0.2) is 0 Å². The highest BCUT2D eigenvalue weighted by Crippen LogP contribution is 2.34. The molecule has 0 unspecified atom stereocenters. The molecule has 0 saturated heterocycles. The van der Waals surface area contributed by atoms with Crippen molar-refractivity contribution in [1.29, 1.82) is 0 Å². The van der Waals surface area contributed by atoms with Gasteiger partial charge in [0.05, 0.1) is 11.2 Å². The summed E-state index contributed by atoms with van der Waals surface area (Å²) in [5.41, 5.74) is 2.25. The van der Waals surface area contributed by atoms with Crippen LogP contribution in [0.3, 0.4) is 0 Å². The highest BCUT2D eigenvalue weighted by molar-refractivity contribution is 5.67. The first kappa shape index (κ1) is 11.9. The molecule has 2 rings (SSSR count). The van der Waals surface area contributed by atoms with Gasteiger partial charge in [0.15, 0.2) is 5.75 Å². The topological polar surface area (TPSA) is 104 Å². The number of nitrogens with one attached hydrogen (secondary N) is 1. The number of hydrogen-bond acceptors (Lipinski definition) is 6. The monoisotopic (exact) mass is 249 g/mol. The van der Waals surface area contributed by atoms with E-state index < -0.39 is 4.92 Å². The second-order valence-electron chi connectivity index (χ2n) is 3.42. The molecule has 0 fully saturated rings. The molecule has 0 aliphatic rings. The lowest BCUT2D eigenvalue weighted by molar-refractivity contribution is -0.385. The van der Waals surface area contributed by atoms with Gasteiger partial charge >= 0.3 is 5.69 Å². The summed E-state index contributed by atoms with van der Waals surface area (Å²) in [6, 6.07) is 8.04. The zero-order valence-electron chi connectivity index (χ0n) is 9.33. The summed E-state index contributed by atoms with van der Waals surface area (Å²) >= 11 is 0. The quantitative estimate of drug-likeness (QED) is 0.477. The van der Waals surface area contributed by atoms with Gasteiger partial charge in [-0.15, -0.1) is 0 Å². The molecule has 1 aromatic carbocycles. The van der Waals surface area contributed by atoms with Gasteiger partial charge in [0.1, 0.15) is 18.1 Å². The molecule has 0 atom stereocenters. The minimum Gasteiger partial charge on any atom is -0.479 e. The zero-order valence-corrected chi connectivity index (χ0v) is 9.33. The van der Waals surface area contributed by atoms with E-state index in [1.54, 1.807) is 18.2 Å². The van der Waals surface area contributed by atoms with Crippen LogP contribution in [0, 0.1) is 10.1 Å². The van der Waals surface area contributed by atoms with E-state index in [0.29, 0.717) is 5.76 Å². The third-order valence-electron chi connectivity index (χ3n) is 2.29. The van der Waals surface area contributed by atoms with Crippen LogP contribution in [0.4, 0.5) is 11.4 Å². The predicted molar refractivity (Wildman–Crippen MR) is 63.9 cm³/mol. The SMILES string of the molecule is NNc1cccc(OCc2ccco2)c1[N+](=O)[O-]. The summed E-state index contributed by atoms with van der Waals surface area (Å²) in [6.07, 6.45) is 1.50. The van der Waals surface area contributed by atoms with Gasteiger partial charge in [0, 0.05) is 0 Å². The van der Waals surface area contributed by atoms with Crippen molar-refractivity contribution >= 4 is 11.4 Å². The number of benzene rings is 1. The van der Waals surface area contributed by atoms with E-state index in [1.807, 2.05) is 0 Å². The van der Waals surface area contributed by atoms with Gasteiger partial charge in [-0.05, 0) is 24.3 Å². The maximum atomic E-state index is 11.0. The molecule has 0 radical (unpaired) electrons. The first-order chi connectivity index (χ1) is 8.72. The van der Waals surface area contributed by atoms with Crippen LogP contribution in [0.1, 0.15) is 5.76 Å². The fourth-order valence-electron chi connectivity index (χ4n) is 1.49. The Morgan fingerprint density at radius 1 is 1.39 bits per heavy atom. The van der Waals surface area contributed by atoms with Crippen molar-refractivity contribution in [3.63, 3.8) is 0 Å². The summed E-state index contributed by atoms with van der Waals surface area (Å²) < 4.78 is 10.4. The molecule has 0 saturated carbocycles. The summed E-state index contributed by atoms with van der Waals surface area (Å²) in [7, 11) is 0. The molecule has 7 nitrogen and oxygen atoms in total. The third-order valence-corrected chi connectivity index (χ3v) is 2.29. The second-order valence-corrected chi connectivity index (χ2v) is 3.42. The van der Waals surface area contributed by atoms with E-state index in [1.165, 1.54) is 18.4 Å². The number of furan rings is 1. The fraction of sp³-hybridized carbons (Fsp3) is 0.0909. The Labute approximate surface area is 102 Å². The molecule has 0 amide bonds. The highest BCUT2D eigenvalue weighted by atomic mass is 16.6. The Morgan fingerprint density at radius 2 is 2.22 bits per heavy atom. The van der Waals surface area contributed by atoms with Crippen LogP contribution >= 0.6 is 0 Å². The standard InChI is InChI=1S/C11H11N3O4/c12-13-9-4-1-5-10(11(9)14(15)16)18-7-8-3-2-6-17-8/h1-6,13H,7,12H2. The number of nitrogens with two attached hydrogens (primary N) is 1. The van der Waals surface area contributed by atoms with Crippen molar-refractivity contribution in [3.05, 3.63) is 52.5 Å². The fourth-order valence-corrected chi connectivity index (χ4v) is 1.49. The second kappa shape index (κ2) is 5.19. The summed E-state index contributed by atoms with van der Waals surface area (Å²) in [5.74, 6) is 5.93. The zero-order chi connectivity index (χ0) is 13.0. The van der Waals surface area contributed by atoms with Crippen LogP contribution in [0.5, 0.6) is 5.75 Å². The Hall–Kier alpha value is -2.54. The molecule has 0 spiro atoms. The lowest BCUT2D eigenvalue weighted by atomic mass is 10.2. The number of nitro benzene ring substituents is 1.